The lowest BCUT2D eigenvalue weighted by Crippen LogP contribution is -2.27. The minimum Gasteiger partial charge on any atom is -0.384 e. The summed E-state index contributed by atoms with van der Waals surface area (Å²) in [5.41, 5.74) is 18.7. The molecule has 0 saturated heterocycles. The summed E-state index contributed by atoms with van der Waals surface area (Å²) in [7, 11) is 4.01. The molecule has 6 N–H and O–H groups in total. The van der Waals surface area contributed by atoms with Crippen LogP contribution in [0.5, 0.6) is 0 Å². The molecule has 13 rings (SSSR count). The summed E-state index contributed by atoms with van der Waals surface area (Å²) < 4.78 is 7.47. The van der Waals surface area contributed by atoms with Gasteiger partial charge in [-0.15, -0.1) is 0 Å². The van der Waals surface area contributed by atoms with E-state index in [1.54, 1.807) is 25.0 Å². The van der Waals surface area contributed by atoms with Crippen molar-refractivity contribution in [3.63, 3.8) is 0 Å². The fourth-order valence-corrected chi connectivity index (χ4v) is 7.19. The van der Waals surface area contributed by atoms with Gasteiger partial charge in [0.25, 0.3) is 0 Å². The predicted octanol–water partition coefficient (Wildman–Crippen LogP) is 17.2. The number of H-pyrrole nitrogens is 4. The third-order valence-corrected chi connectivity index (χ3v) is 12.1. The molecule has 11 aromatic rings. The summed E-state index contributed by atoms with van der Waals surface area (Å²) in [6.07, 6.45) is 20.1. The molecule has 0 saturated carbocycles. The molecule has 1 unspecified atom stereocenters. The third-order valence-electron chi connectivity index (χ3n) is 12.1. The van der Waals surface area contributed by atoms with Crippen molar-refractivity contribution in [1.29, 1.82) is 6.53 Å². The van der Waals surface area contributed by atoms with E-state index < -0.39 is 0 Å². The standard InChI is InChI=1S/C9H10.C8H9N.2C8H7N.C8H9N.C8H10.C7H8.C5H8N2.2C4H6N2.HPS.H2S.2H2/c1-3-9-7-5-4-6-8(9)2;3*1-2-4-8-7(3-1)5-6-9-8;1-7-3-2-4-8(5-7)6-9;1-7-5-3-4-6-8(7)2;1-7-5-3-2-4-6-7;1-5-3-6-4-7(5)2;2*1-4-2-5-3-6-4;1-2;;;/h3-7H,1H2,2H3;1-4,9H,5-6H2;1-4,6H,5H2;1-6,9H;2-6,9H,1H3;3-6H,1-2H3;2-6H,1H3;3-4H,1-2H3;2*2-3H,1H3,(H,5,6);1H;1H2;2*1H/p+2/i/hD. The number of nitrogens with one attached hydrogen (secondary N) is 6. The highest BCUT2D eigenvalue weighted by Crippen LogP contribution is 2.22. The van der Waals surface area contributed by atoms with Crippen LogP contribution in [0.3, 0.4) is 0 Å². The Balaban J connectivity index is 0.000000916. The molecule has 1 atom stereocenters. The monoisotopic (exact) mass is 1150 g/mol. The minimum absolute atomic E-state index is 0. The Hall–Kier alpha value is -8.54. The highest BCUT2D eigenvalue weighted by atomic mass is 32.4. The number of aryl methyl sites for hydroxylation is 9. The first-order valence-corrected chi connectivity index (χ1v) is 28.6. The Morgan fingerprint density at radius 2 is 1.20 bits per heavy atom. The van der Waals surface area contributed by atoms with Crippen molar-refractivity contribution in [2.45, 2.75) is 68.2 Å². The number of hydrogen-bond acceptors (Lipinski definition) is 6. The third kappa shape index (κ3) is 29.1. The molecule has 0 bridgehead atoms. The fraction of sp³-hybridized carbons (Fsp3) is 0.174. The number of benzene rings is 7. The number of aromatic amines is 4. The number of anilines is 1. The van der Waals surface area contributed by atoms with E-state index in [2.05, 4.69) is 204 Å². The summed E-state index contributed by atoms with van der Waals surface area (Å²) in [4.78, 5) is 23.6. The lowest BCUT2D eigenvalue weighted by Gasteiger charge is -1.95. The minimum atomic E-state index is 0. The van der Waals surface area contributed by atoms with Gasteiger partial charge in [-0.2, -0.15) is 13.4 Å². The normalized spacial score (nSPS) is 10.1. The Morgan fingerprint density at radius 3 is 1.63 bits per heavy atom. The van der Waals surface area contributed by atoms with Crippen molar-refractivity contribution in [1.82, 2.24) is 29.9 Å². The SMILES string of the molecule is C1=Nc2ccccc2C1.C=Cc1ccccc1C.Cc1c[nH]c[n+]1C.Cc1cccc(C=N)c1.Cc1ccccc1.Cc1ccccc1C.Cc1cnc[nH]1.Cc1cnc[nH]1.[2H]S.[HH].[HH].[PH2+]=S.c1ccc2[nH]ccc2c1.c1ccc2c(c1)CCN2. The lowest BCUT2D eigenvalue weighted by molar-refractivity contribution is -0.676. The van der Waals surface area contributed by atoms with Crippen LogP contribution in [0.15, 0.2) is 237 Å². The fourth-order valence-electron chi connectivity index (χ4n) is 7.19. The van der Waals surface area contributed by atoms with Gasteiger partial charge in [0.1, 0.15) is 19.9 Å². The predicted molar refractivity (Wildman–Crippen MR) is 368 cm³/mol. The zero-order valence-electron chi connectivity index (χ0n) is 50.1. The molecular formula is C69H89N10PS2+2. The summed E-state index contributed by atoms with van der Waals surface area (Å²) in [6, 6.07) is 61.6. The first-order valence-electron chi connectivity index (χ1n) is 27.2. The van der Waals surface area contributed by atoms with E-state index in [1.807, 2.05) is 156 Å². The van der Waals surface area contributed by atoms with Crippen molar-refractivity contribution in [3.8, 4) is 0 Å². The van der Waals surface area contributed by atoms with Gasteiger partial charge in [-0.1, -0.05) is 182 Å². The molecular weight excluding hydrogens is 1060 g/mol. The van der Waals surface area contributed by atoms with Crippen LogP contribution < -0.4 is 9.88 Å². The molecule has 4 aromatic heterocycles. The maximum Gasteiger partial charge on any atom is 0.241 e. The highest BCUT2D eigenvalue weighted by Gasteiger charge is 2.06. The Morgan fingerprint density at radius 1 is 0.634 bits per heavy atom. The first kappa shape index (κ1) is 67.7. The molecule has 0 amide bonds. The summed E-state index contributed by atoms with van der Waals surface area (Å²) in [5, 5.41) is 11.5. The van der Waals surface area contributed by atoms with Crippen molar-refractivity contribution < 1.29 is 7.42 Å². The topological polar surface area (TPSA) is 141 Å². The molecule has 6 heterocycles. The molecule has 0 aliphatic carbocycles. The van der Waals surface area contributed by atoms with Crippen LogP contribution in [-0.2, 0) is 31.7 Å². The second-order valence-corrected chi connectivity index (χ2v) is 18.6. The van der Waals surface area contributed by atoms with Crippen LogP contribution in [0.25, 0.3) is 17.0 Å². The van der Waals surface area contributed by atoms with Crippen LogP contribution in [0.4, 0.5) is 11.4 Å². The Kier molecular flexibility index (Phi) is 35.0. The van der Waals surface area contributed by atoms with Gasteiger partial charge in [0.05, 0.1) is 26.5 Å². The Bertz CT molecular complexity index is 3300. The number of nitrogens with zero attached hydrogens (tertiary/aromatic N) is 4. The number of aromatic nitrogens is 7. The van der Waals surface area contributed by atoms with Crippen molar-refractivity contribution in [2.75, 3.05) is 11.9 Å². The van der Waals surface area contributed by atoms with Crippen LogP contribution in [0, 0.1) is 60.8 Å². The van der Waals surface area contributed by atoms with Crippen LogP contribution in [-0.4, -0.2) is 50.0 Å². The van der Waals surface area contributed by atoms with Gasteiger partial charge in [-0.3, -0.25) is 4.99 Å². The van der Waals surface area contributed by atoms with E-state index in [1.165, 1.54) is 79.4 Å². The summed E-state index contributed by atoms with van der Waals surface area (Å²) in [6.45, 7) is 21.2. The van der Waals surface area contributed by atoms with Crippen LogP contribution in [0.1, 0.15) is 70.0 Å². The largest absolute Gasteiger partial charge is 0.384 e. The maximum absolute atomic E-state index is 6.92. The molecule has 7 aromatic carbocycles. The average Bonchev–Trinajstić information content (AvgIpc) is 4.42. The maximum atomic E-state index is 6.92. The van der Waals surface area contributed by atoms with E-state index in [9.17, 15) is 0 Å². The number of para-hydroxylation sites is 3. The molecule has 13 heteroatoms. The molecule has 0 spiro atoms. The molecule has 0 radical (unpaired) electrons. The van der Waals surface area contributed by atoms with Gasteiger partial charge in [0, 0.05) is 76.4 Å². The quantitative estimate of drug-likeness (QED) is 0.0582. The van der Waals surface area contributed by atoms with E-state index >= 15 is 0 Å². The number of hydrogen-bond donors (Lipinski definition) is 6. The van der Waals surface area contributed by atoms with Gasteiger partial charge < -0.3 is 25.7 Å². The molecule has 82 heavy (non-hydrogen) atoms. The molecule has 0 fully saturated rings. The van der Waals surface area contributed by atoms with E-state index in [0.29, 0.717) is 0 Å². The molecule has 430 valence electrons. The van der Waals surface area contributed by atoms with E-state index in [4.69, 9.17) is 6.53 Å². The number of aliphatic imine (C=N–C) groups is 1. The smallest absolute Gasteiger partial charge is 0.241 e. The zero-order valence-corrected chi connectivity index (χ0v) is 52.0. The second kappa shape index (κ2) is 42.4. The first-order chi connectivity index (χ1) is 40.4. The molecule has 10 nitrogen and oxygen atoms in total. The summed E-state index contributed by atoms with van der Waals surface area (Å²) in [5.74, 6) is 0. The summed E-state index contributed by atoms with van der Waals surface area (Å²) >= 11 is 6.78. The van der Waals surface area contributed by atoms with Crippen molar-refractivity contribution in [2.24, 2.45) is 12.0 Å². The van der Waals surface area contributed by atoms with E-state index in [-0.39, 0.29) is 2.85 Å². The van der Waals surface area contributed by atoms with Crippen LogP contribution in [0.2, 0.25) is 0 Å². The lowest BCUT2D eigenvalue weighted by atomic mass is 10.1. The Labute approximate surface area is 506 Å². The molecule has 2 aliphatic rings. The molecule has 2 aliphatic heterocycles. The number of fused-ring (bicyclic) bond motifs is 3. The average molecular weight is 1150 g/mol. The van der Waals surface area contributed by atoms with E-state index in [0.717, 1.165) is 35.6 Å². The van der Waals surface area contributed by atoms with Crippen LogP contribution >= 0.6 is 21.4 Å². The van der Waals surface area contributed by atoms with Crippen molar-refractivity contribution in [3.05, 3.63) is 299 Å². The van der Waals surface area contributed by atoms with Gasteiger partial charge in [0.2, 0.25) is 6.33 Å². The number of imidazole rings is 3. The second-order valence-electron chi connectivity index (χ2n) is 18.6. The number of rotatable bonds is 2. The van der Waals surface area contributed by atoms with Gasteiger partial charge >= 0.3 is 0 Å². The van der Waals surface area contributed by atoms with Gasteiger partial charge in [-0.25, -0.2) is 19.5 Å². The highest BCUT2D eigenvalue weighted by molar-refractivity contribution is 7.88. The zero-order chi connectivity index (χ0) is 60.9. The van der Waals surface area contributed by atoms with Crippen molar-refractivity contribution >= 4 is 74.0 Å². The van der Waals surface area contributed by atoms with Gasteiger partial charge in [0.15, 0.2) is 11.8 Å². The van der Waals surface area contributed by atoms with Gasteiger partial charge in [-0.05, 0) is 123 Å².